The SMILES string of the molecule is C/C=C(\C=C/N)c1c2ccccc2c(-c2ccc(Br)nc2)c2ccccc12. The normalized spacial score (nSPS) is 12.3. The Morgan fingerprint density at radius 1 is 0.889 bits per heavy atom. The van der Waals surface area contributed by atoms with E-state index in [9.17, 15) is 0 Å². The molecule has 0 spiro atoms. The molecule has 0 amide bonds. The van der Waals surface area contributed by atoms with Crippen molar-refractivity contribution in [1.82, 2.24) is 4.98 Å². The summed E-state index contributed by atoms with van der Waals surface area (Å²) in [6, 6.07) is 21.2. The number of aromatic nitrogens is 1. The van der Waals surface area contributed by atoms with Crippen molar-refractivity contribution < 1.29 is 0 Å². The van der Waals surface area contributed by atoms with Gasteiger partial charge in [0.15, 0.2) is 0 Å². The average molecular weight is 415 g/mol. The van der Waals surface area contributed by atoms with Crippen LogP contribution in [-0.2, 0) is 0 Å². The van der Waals surface area contributed by atoms with Gasteiger partial charge >= 0.3 is 0 Å². The molecule has 3 heteroatoms. The van der Waals surface area contributed by atoms with Crippen molar-refractivity contribution in [1.29, 1.82) is 0 Å². The van der Waals surface area contributed by atoms with Gasteiger partial charge in [0.1, 0.15) is 4.60 Å². The van der Waals surface area contributed by atoms with E-state index in [2.05, 4.69) is 81.6 Å². The molecule has 4 aromatic rings. The summed E-state index contributed by atoms with van der Waals surface area (Å²) in [6.07, 6.45) is 7.60. The van der Waals surface area contributed by atoms with Crippen LogP contribution in [0.15, 0.2) is 89.8 Å². The third kappa shape index (κ3) is 3.04. The fourth-order valence-corrected chi connectivity index (χ4v) is 3.94. The Kier molecular flexibility index (Phi) is 4.78. The number of pyridine rings is 1. The molecule has 2 N–H and O–H groups in total. The van der Waals surface area contributed by atoms with Gasteiger partial charge in [-0.05, 0) is 79.4 Å². The highest BCUT2D eigenvalue weighted by molar-refractivity contribution is 9.10. The number of hydrogen-bond donors (Lipinski definition) is 1. The first-order valence-corrected chi connectivity index (χ1v) is 9.64. The smallest absolute Gasteiger partial charge is 0.106 e. The van der Waals surface area contributed by atoms with Crippen LogP contribution < -0.4 is 5.73 Å². The summed E-state index contributed by atoms with van der Waals surface area (Å²) in [5.41, 5.74) is 10.4. The highest BCUT2D eigenvalue weighted by Gasteiger charge is 2.16. The summed E-state index contributed by atoms with van der Waals surface area (Å²) in [5.74, 6) is 0. The number of allylic oxidation sites excluding steroid dienone is 3. The summed E-state index contributed by atoms with van der Waals surface area (Å²) in [4.78, 5) is 4.45. The van der Waals surface area contributed by atoms with Crippen molar-refractivity contribution in [3.05, 3.63) is 95.4 Å². The minimum absolute atomic E-state index is 0.834. The standard InChI is InChI=1S/C24H19BrN2/c1-2-16(13-14-26)23-18-7-3-5-9-20(18)24(17-11-12-22(25)27-15-17)21-10-6-4-8-19(21)23/h2-15H,26H2,1H3/b14-13-,16-2+. The molecule has 1 aromatic heterocycles. The van der Waals surface area contributed by atoms with Gasteiger partial charge in [0.05, 0.1) is 0 Å². The monoisotopic (exact) mass is 414 g/mol. The third-order valence-corrected chi connectivity index (χ3v) is 5.29. The molecule has 0 saturated heterocycles. The van der Waals surface area contributed by atoms with Gasteiger partial charge in [-0.15, -0.1) is 0 Å². The van der Waals surface area contributed by atoms with Gasteiger partial charge in [0.2, 0.25) is 0 Å². The van der Waals surface area contributed by atoms with Crippen LogP contribution >= 0.6 is 15.9 Å². The number of halogens is 1. The molecular weight excluding hydrogens is 396 g/mol. The van der Waals surface area contributed by atoms with Crippen LogP contribution in [0.1, 0.15) is 12.5 Å². The van der Waals surface area contributed by atoms with E-state index in [1.54, 1.807) is 6.20 Å². The molecule has 0 radical (unpaired) electrons. The highest BCUT2D eigenvalue weighted by atomic mass is 79.9. The van der Waals surface area contributed by atoms with Crippen LogP contribution in [0.4, 0.5) is 0 Å². The maximum Gasteiger partial charge on any atom is 0.106 e. The molecule has 1 heterocycles. The van der Waals surface area contributed by atoms with E-state index in [-0.39, 0.29) is 0 Å². The predicted molar refractivity (Wildman–Crippen MR) is 119 cm³/mol. The van der Waals surface area contributed by atoms with E-state index < -0.39 is 0 Å². The zero-order chi connectivity index (χ0) is 18.8. The maximum absolute atomic E-state index is 5.73. The van der Waals surface area contributed by atoms with Gasteiger partial charge in [-0.1, -0.05) is 60.7 Å². The molecule has 0 aliphatic rings. The molecule has 0 bridgehead atoms. The topological polar surface area (TPSA) is 38.9 Å². The van der Waals surface area contributed by atoms with Gasteiger partial charge in [-0.25, -0.2) is 4.98 Å². The zero-order valence-corrected chi connectivity index (χ0v) is 16.6. The molecule has 132 valence electrons. The number of nitrogens with zero attached hydrogens (tertiary/aromatic N) is 1. The largest absolute Gasteiger partial charge is 0.405 e. The lowest BCUT2D eigenvalue weighted by Crippen LogP contribution is -1.93. The number of benzene rings is 3. The van der Waals surface area contributed by atoms with Gasteiger partial charge in [-0.2, -0.15) is 0 Å². The van der Waals surface area contributed by atoms with Gasteiger partial charge in [-0.3, -0.25) is 0 Å². The molecule has 2 nitrogen and oxygen atoms in total. The Labute approximate surface area is 167 Å². The van der Waals surface area contributed by atoms with E-state index in [0.717, 1.165) is 15.7 Å². The number of rotatable bonds is 3. The quantitative estimate of drug-likeness (QED) is 0.230. The van der Waals surface area contributed by atoms with Crippen LogP contribution in [0.5, 0.6) is 0 Å². The fourth-order valence-electron chi connectivity index (χ4n) is 3.70. The number of hydrogen-bond acceptors (Lipinski definition) is 2. The van der Waals surface area contributed by atoms with Gasteiger partial charge < -0.3 is 5.73 Å². The fraction of sp³-hybridized carbons (Fsp3) is 0.0417. The molecule has 3 aromatic carbocycles. The molecule has 0 aliphatic heterocycles. The van der Waals surface area contributed by atoms with Crippen LogP contribution in [0, 0.1) is 0 Å². The lowest BCUT2D eigenvalue weighted by Gasteiger charge is -2.17. The van der Waals surface area contributed by atoms with E-state index in [1.165, 1.54) is 32.7 Å². The Morgan fingerprint density at radius 3 is 1.96 bits per heavy atom. The number of nitrogens with two attached hydrogens (primary N) is 1. The van der Waals surface area contributed by atoms with Crippen molar-refractivity contribution >= 4 is 43.0 Å². The summed E-state index contributed by atoms with van der Waals surface area (Å²) in [6.45, 7) is 2.05. The summed E-state index contributed by atoms with van der Waals surface area (Å²) < 4.78 is 0.834. The molecule has 0 fully saturated rings. The van der Waals surface area contributed by atoms with Gasteiger partial charge in [0, 0.05) is 11.8 Å². The second-order valence-electron chi connectivity index (χ2n) is 6.31. The first-order chi connectivity index (χ1) is 13.2. The molecular formula is C24H19BrN2. The molecule has 0 unspecified atom stereocenters. The lowest BCUT2D eigenvalue weighted by molar-refractivity contribution is 1.28. The van der Waals surface area contributed by atoms with Gasteiger partial charge in [0.25, 0.3) is 0 Å². The minimum Gasteiger partial charge on any atom is -0.405 e. The number of fused-ring (bicyclic) bond motifs is 2. The van der Waals surface area contributed by atoms with Crippen molar-refractivity contribution in [3.8, 4) is 11.1 Å². The summed E-state index contributed by atoms with van der Waals surface area (Å²) >= 11 is 3.44. The minimum atomic E-state index is 0.834. The molecule has 0 atom stereocenters. The Bertz CT molecular complexity index is 1130. The Hall–Kier alpha value is -2.91. The van der Waals surface area contributed by atoms with E-state index in [0.29, 0.717) is 0 Å². The first kappa shape index (κ1) is 17.5. The van der Waals surface area contributed by atoms with Crippen LogP contribution in [-0.4, -0.2) is 4.98 Å². The lowest BCUT2D eigenvalue weighted by atomic mass is 9.86. The summed E-state index contributed by atoms with van der Waals surface area (Å²) in [7, 11) is 0. The van der Waals surface area contributed by atoms with Crippen molar-refractivity contribution in [2.75, 3.05) is 0 Å². The highest BCUT2D eigenvalue weighted by Crippen LogP contribution is 2.41. The van der Waals surface area contributed by atoms with E-state index >= 15 is 0 Å². The second kappa shape index (κ2) is 7.37. The zero-order valence-electron chi connectivity index (χ0n) is 15.0. The molecule has 4 rings (SSSR count). The predicted octanol–water partition coefficient (Wildman–Crippen LogP) is 6.69. The van der Waals surface area contributed by atoms with Crippen molar-refractivity contribution in [3.63, 3.8) is 0 Å². The molecule has 0 aliphatic carbocycles. The van der Waals surface area contributed by atoms with Crippen LogP contribution in [0.25, 0.3) is 38.2 Å². The molecule has 0 saturated carbocycles. The first-order valence-electron chi connectivity index (χ1n) is 8.85. The van der Waals surface area contributed by atoms with Crippen molar-refractivity contribution in [2.45, 2.75) is 6.92 Å². The molecule has 27 heavy (non-hydrogen) atoms. The second-order valence-corrected chi connectivity index (χ2v) is 7.13. The maximum atomic E-state index is 5.73. The third-order valence-electron chi connectivity index (χ3n) is 4.82. The van der Waals surface area contributed by atoms with Crippen LogP contribution in [0.2, 0.25) is 0 Å². The Morgan fingerprint density at radius 2 is 1.48 bits per heavy atom. The summed E-state index contributed by atoms with van der Waals surface area (Å²) in [5, 5.41) is 4.83. The van der Waals surface area contributed by atoms with Crippen LogP contribution in [0.3, 0.4) is 0 Å². The Balaban J connectivity index is 2.22. The van der Waals surface area contributed by atoms with Crippen molar-refractivity contribution in [2.24, 2.45) is 5.73 Å². The van der Waals surface area contributed by atoms with E-state index in [1.807, 2.05) is 25.3 Å². The average Bonchev–Trinajstić information content (AvgIpc) is 2.71. The van der Waals surface area contributed by atoms with E-state index in [4.69, 9.17) is 5.73 Å².